The fraction of sp³-hybridized carbons (Fsp3) is 1.00. The minimum Gasteiger partial charge on any atom is -0.315 e. The maximum absolute atomic E-state index is 3.57. The second-order valence-electron chi connectivity index (χ2n) is 6.53. The minimum absolute atomic E-state index is 0.281. The molecule has 2 atom stereocenters. The highest BCUT2D eigenvalue weighted by Crippen LogP contribution is 2.30. The number of hydrogen-bond acceptors (Lipinski definition) is 2. The van der Waals surface area contributed by atoms with Crippen molar-refractivity contribution in [1.29, 1.82) is 0 Å². The van der Waals surface area contributed by atoms with Crippen LogP contribution < -0.4 is 5.32 Å². The van der Waals surface area contributed by atoms with Gasteiger partial charge in [-0.25, -0.2) is 0 Å². The van der Waals surface area contributed by atoms with Gasteiger partial charge >= 0.3 is 0 Å². The van der Waals surface area contributed by atoms with Gasteiger partial charge in [0.25, 0.3) is 0 Å². The summed E-state index contributed by atoms with van der Waals surface area (Å²) in [7, 11) is 6.56. The van der Waals surface area contributed by atoms with Crippen LogP contribution in [0.15, 0.2) is 0 Å². The van der Waals surface area contributed by atoms with Crippen LogP contribution in [0.4, 0.5) is 0 Å². The first-order valence-electron chi connectivity index (χ1n) is 7.89. The van der Waals surface area contributed by atoms with E-state index in [1.165, 1.54) is 51.4 Å². The van der Waals surface area contributed by atoms with E-state index in [0.717, 1.165) is 5.92 Å². The third kappa shape index (κ3) is 3.96. The molecule has 18 heavy (non-hydrogen) atoms. The molecule has 1 rings (SSSR count). The molecule has 1 N–H and O–H groups in total. The molecule has 2 unspecified atom stereocenters. The first-order chi connectivity index (χ1) is 8.54. The lowest BCUT2D eigenvalue weighted by Gasteiger charge is -2.43. The molecular formula is C16H34N2. The van der Waals surface area contributed by atoms with E-state index in [-0.39, 0.29) is 5.54 Å². The largest absolute Gasteiger partial charge is 0.315 e. The van der Waals surface area contributed by atoms with Gasteiger partial charge in [-0.2, -0.15) is 0 Å². The van der Waals surface area contributed by atoms with E-state index in [2.05, 4.69) is 45.2 Å². The van der Waals surface area contributed by atoms with Crippen LogP contribution in [0.5, 0.6) is 0 Å². The summed E-state index contributed by atoms with van der Waals surface area (Å²) in [5.74, 6) is 0.998. The smallest absolute Gasteiger partial charge is 0.0325 e. The van der Waals surface area contributed by atoms with Gasteiger partial charge in [0, 0.05) is 11.6 Å². The Kier molecular flexibility index (Phi) is 6.65. The van der Waals surface area contributed by atoms with Gasteiger partial charge < -0.3 is 10.2 Å². The Morgan fingerprint density at radius 1 is 1.22 bits per heavy atom. The first-order valence-corrected chi connectivity index (χ1v) is 7.89. The molecule has 2 heteroatoms. The second kappa shape index (κ2) is 7.49. The van der Waals surface area contributed by atoms with Gasteiger partial charge in [-0.3, -0.25) is 0 Å². The zero-order valence-electron chi connectivity index (χ0n) is 13.3. The Morgan fingerprint density at radius 2 is 1.83 bits per heavy atom. The summed E-state index contributed by atoms with van der Waals surface area (Å²) in [5, 5.41) is 3.57. The molecule has 0 aromatic heterocycles. The van der Waals surface area contributed by atoms with Crippen molar-refractivity contribution in [3.8, 4) is 0 Å². The Hall–Kier alpha value is -0.0800. The molecular weight excluding hydrogens is 220 g/mol. The Bertz CT molecular complexity index is 221. The third-order valence-corrected chi connectivity index (χ3v) is 5.42. The summed E-state index contributed by atoms with van der Waals surface area (Å²) < 4.78 is 0. The van der Waals surface area contributed by atoms with Crippen molar-refractivity contribution in [3.05, 3.63) is 0 Å². The highest BCUT2D eigenvalue weighted by molar-refractivity contribution is 4.93. The van der Waals surface area contributed by atoms with Crippen molar-refractivity contribution in [3.63, 3.8) is 0 Å². The zero-order chi connectivity index (χ0) is 13.6. The summed E-state index contributed by atoms with van der Waals surface area (Å²) in [5.41, 5.74) is 0.281. The van der Waals surface area contributed by atoms with Crippen LogP contribution in [-0.4, -0.2) is 37.6 Å². The quantitative estimate of drug-likeness (QED) is 0.746. The van der Waals surface area contributed by atoms with Gasteiger partial charge in [0.15, 0.2) is 0 Å². The number of nitrogens with one attached hydrogen (secondary N) is 1. The predicted octanol–water partition coefficient (Wildman–Crippen LogP) is 3.67. The molecule has 0 heterocycles. The molecule has 1 fully saturated rings. The lowest BCUT2D eigenvalue weighted by atomic mass is 9.80. The van der Waals surface area contributed by atoms with Crippen LogP contribution in [0.1, 0.15) is 65.2 Å². The van der Waals surface area contributed by atoms with E-state index in [0.29, 0.717) is 6.04 Å². The molecule has 0 aromatic carbocycles. The molecule has 0 aliphatic heterocycles. The van der Waals surface area contributed by atoms with Crippen LogP contribution in [0.2, 0.25) is 0 Å². The van der Waals surface area contributed by atoms with Gasteiger partial charge in [0.2, 0.25) is 0 Å². The van der Waals surface area contributed by atoms with Crippen molar-refractivity contribution in [2.24, 2.45) is 5.92 Å². The molecule has 1 aliphatic rings. The van der Waals surface area contributed by atoms with Crippen LogP contribution in [-0.2, 0) is 0 Å². The van der Waals surface area contributed by atoms with Gasteiger partial charge in [-0.1, -0.05) is 39.0 Å². The SMILES string of the molecule is CCC(C)(C(CCC1CCCCC1)NC)N(C)C. The topological polar surface area (TPSA) is 15.3 Å². The Balaban J connectivity index is 2.49. The average Bonchev–Trinajstić information content (AvgIpc) is 2.39. The maximum atomic E-state index is 3.57. The summed E-state index contributed by atoms with van der Waals surface area (Å²) >= 11 is 0. The molecule has 0 bridgehead atoms. The number of hydrogen-bond donors (Lipinski definition) is 1. The average molecular weight is 254 g/mol. The number of rotatable bonds is 7. The van der Waals surface area contributed by atoms with E-state index in [1.807, 2.05) is 0 Å². The van der Waals surface area contributed by atoms with Crippen LogP contribution in [0.25, 0.3) is 0 Å². The van der Waals surface area contributed by atoms with Crippen LogP contribution in [0, 0.1) is 5.92 Å². The first kappa shape index (κ1) is 16.0. The fourth-order valence-electron chi connectivity index (χ4n) is 3.52. The van der Waals surface area contributed by atoms with Crippen molar-refractivity contribution >= 4 is 0 Å². The molecule has 2 nitrogen and oxygen atoms in total. The molecule has 1 aliphatic carbocycles. The van der Waals surface area contributed by atoms with Crippen molar-refractivity contribution in [2.45, 2.75) is 76.8 Å². The van der Waals surface area contributed by atoms with E-state index >= 15 is 0 Å². The summed E-state index contributed by atoms with van der Waals surface area (Å²) in [6, 6.07) is 0.611. The Labute approximate surface area is 115 Å². The van der Waals surface area contributed by atoms with E-state index < -0.39 is 0 Å². The highest BCUT2D eigenvalue weighted by atomic mass is 15.2. The van der Waals surface area contributed by atoms with Crippen molar-refractivity contribution in [1.82, 2.24) is 10.2 Å². The number of nitrogens with zero attached hydrogens (tertiary/aromatic N) is 1. The van der Waals surface area contributed by atoms with Crippen LogP contribution in [0.3, 0.4) is 0 Å². The van der Waals surface area contributed by atoms with E-state index in [9.17, 15) is 0 Å². The molecule has 0 aromatic rings. The van der Waals surface area contributed by atoms with Crippen molar-refractivity contribution < 1.29 is 0 Å². The molecule has 0 radical (unpaired) electrons. The zero-order valence-corrected chi connectivity index (χ0v) is 13.3. The standard InChI is InChI=1S/C16H34N2/c1-6-16(2,18(4)5)15(17-3)13-12-14-10-8-7-9-11-14/h14-15,17H,6-13H2,1-5H3. The van der Waals surface area contributed by atoms with Gasteiger partial charge in [0.05, 0.1) is 0 Å². The fourth-order valence-corrected chi connectivity index (χ4v) is 3.52. The summed E-state index contributed by atoms with van der Waals surface area (Å²) in [4.78, 5) is 2.40. The minimum atomic E-state index is 0.281. The number of likely N-dealkylation sites (N-methyl/N-ethyl adjacent to an activating group) is 2. The van der Waals surface area contributed by atoms with Gasteiger partial charge in [-0.05, 0) is 53.2 Å². The lowest BCUT2D eigenvalue weighted by Crippen LogP contribution is -2.56. The normalized spacial score (nSPS) is 23.0. The molecule has 0 amide bonds. The lowest BCUT2D eigenvalue weighted by molar-refractivity contribution is 0.106. The summed E-state index contributed by atoms with van der Waals surface area (Å²) in [6.07, 6.45) is 11.3. The van der Waals surface area contributed by atoms with E-state index in [4.69, 9.17) is 0 Å². The maximum Gasteiger partial charge on any atom is 0.0325 e. The second-order valence-corrected chi connectivity index (χ2v) is 6.53. The highest BCUT2D eigenvalue weighted by Gasteiger charge is 2.33. The van der Waals surface area contributed by atoms with E-state index in [1.54, 1.807) is 0 Å². The van der Waals surface area contributed by atoms with Crippen molar-refractivity contribution in [2.75, 3.05) is 21.1 Å². The monoisotopic (exact) mass is 254 g/mol. The van der Waals surface area contributed by atoms with Crippen LogP contribution >= 0.6 is 0 Å². The Morgan fingerprint density at radius 3 is 2.28 bits per heavy atom. The molecule has 1 saturated carbocycles. The van der Waals surface area contributed by atoms with Gasteiger partial charge in [0.1, 0.15) is 0 Å². The molecule has 0 spiro atoms. The molecule has 108 valence electrons. The molecule has 0 saturated heterocycles. The third-order valence-electron chi connectivity index (χ3n) is 5.42. The predicted molar refractivity (Wildman–Crippen MR) is 81.0 cm³/mol. The van der Waals surface area contributed by atoms with Gasteiger partial charge in [-0.15, -0.1) is 0 Å². The summed E-state index contributed by atoms with van der Waals surface area (Å²) in [6.45, 7) is 4.71.